The number of fused-ring (bicyclic) bond motifs is 1. The van der Waals surface area contributed by atoms with Crippen molar-refractivity contribution in [3.8, 4) is 5.75 Å². The minimum absolute atomic E-state index is 0.0247. The minimum Gasteiger partial charge on any atom is -0.484 e. The molecular formula is C21H20ClFN4O2. The highest BCUT2D eigenvalue weighted by molar-refractivity contribution is 6.30. The van der Waals surface area contributed by atoms with Crippen LogP contribution in [0.15, 0.2) is 36.8 Å². The number of nitrogens with one attached hydrogen (secondary N) is 1. The van der Waals surface area contributed by atoms with Crippen LogP contribution >= 0.6 is 11.6 Å². The molecule has 3 aliphatic carbocycles. The van der Waals surface area contributed by atoms with Crippen LogP contribution in [0.25, 0.3) is 5.65 Å². The van der Waals surface area contributed by atoms with E-state index >= 15 is 0 Å². The third-order valence-corrected chi connectivity index (χ3v) is 6.22. The standard InChI is InChI=1S/C21H20ClFN4O2/c1-13-8-27-5-4-24-17(19(27)25-13)7-20-10-21(11-20,12-20)26-18(28)9-29-14-2-3-15(22)16(23)6-14/h2-6,8H,7,9-12H2,1H3,(H,26,28). The van der Waals surface area contributed by atoms with E-state index < -0.39 is 5.82 Å². The summed E-state index contributed by atoms with van der Waals surface area (Å²) >= 11 is 5.65. The van der Waals surface area contributed by atoms with Crippen LogP contribution < -0.4 is 10.1 Å². The molecule has 0 unspecified atom stereocenters. The third-order valence-electron chi connectivity index (χ3n) is 5.92. The van der Waals surface area contributed by atoms with Crippen molar-refractivity contribution in [1.29, 1.82) is 0 Å². The zero-order valence-electron chi connectivity index (χ0n) is 15.9. The molecule has 29 heavy (non-hydrogen) atoms. The number of carbonyl (C=O) groups is 1. The molecule has 2 bridgehead atoms. The maximum Gasteiger partial charge on any atom is 0.258 e. The average Bonchev–Trinajstić information content (AvgIpc) is 3.01. The Morgan fingerprint density at radius 2 is 2.17 bits per heavy atom. The Morgan fingerprint density at radius 1 is 1.38 bits per heavy atom. The summed E-state index contributed by atoms with van der Waals surface area (Å²) in [6.07, 6.45) is 9.39. The van der Waals surface area contributed by atoms with Gasteiger partial charge >= 0.3 is 0 Å². The lowest BCUT2D eigenvalue weighted by molar-refractivity contribution is -0.166. The minimum atomic E-state index is -0.567. The normalized spacial score (nSPS) is 24.7. The van der Waals surface area contributed by atoms with Crippen molar-refractivity contribution in [3.63, 3.8) is 0 Å². The molecule has 3 aromatic rings. The number of amides is 1. The molecule has 6 nitrogen and oxygen atoms in total. The van der Waals surface area contributed by atoms with Gasteiger partial charge in [-0.2, -0.15) is 0 Å². The molecule has 3 saturated carbocycles. The van der Waals surface area contributed by atoms with Crippen molar-refractivity contribution in [1.82, 2.24) is 19.7 Å². The summed E-state index contributed by atoms with van der Waals surface area (Å²) in [5, 5.41) is 3.11. The van der Waals surface area contributed by atoms with Gasteiger partial charge in [-0.15, -0.1) is 0 Å². The Labute approximate surface area is 172 Å². The number of benzene rings is 1. The van der Waals surface area contributed by atoms with E-state index in [2.05, 4.69) is 15.3 Å². The lowest BCUT2D eigenvalue weighted by Crippen LogP contribution is -2.75. The zero-order chi connectivity index (χ0) is 20.2. The smallest absolute Gasteiger partial charge is 0.258 e. The number of rotatable bonds is 6. The summed E-state index contributed by atoms with van der Waals surface area (Å²) in [4.78, 5) is 21.4. The van der Waals surface area contributed by atoms with Gasteiger partial charge in [0.1, 0.15) is 11.6 Å². The van der Waals surface area contributed by atoms with Crippen molar-refractivity contribution < 1.29 is 13.9 Å². The molecule has 3 fully saturated rings. The maximum atomic E-state index is 13.4. The second-order valence-electron chi connectivity index (χ2n) is 8.39. The monoisotopic (exact) mass is 414 g/mol. The molecule has 2 aromatic heterocycles. The fourth-order valence-electron chi connectivity index (χ4n) is 4.94. The molecule has 0 aliphatic heterocycles. The number of carbonyl (C=O) groups excluding carboxylic acids is 1. The number of hydrogen-bond acceptors (Lipinski definition) is 4. The summed E-state index contributed by atoms with van der Waals surface area (Å²) in [5.74, 6) is -0.481. The fourth-order valence-corrected chi connectivity index (χ4v) is 5.06. The molecule has 6 rings (SSSR count). The highest BCUT2D eigenvalue weighted by atomic mass is 35.5. The van der Waals surface area contributed by atoms with Gasteiger partial charge in [0.25, 0.3) is 5.91 Å². The number of aromatic nitrogens is 3. The number of ether oxygens (including phenoxy) is 1. The highest BCUT2D eigenvalue weighted by Gasteiger charge is 2.68. The number of nitrogens with zero attached hydrogens (tertiary/aromatic N) is 3. The highest BCUT2D eigenvalue weighted by Crippen LogP contribution is 2.68. The van der Waals surface area contributed by atoms with E-state index in [-0.39, 0.29) is 34.2 Å². The largest absolute Gasteiger partial charge is 0.484 e. The Kier molecular flexibility index (Phi) is 4.07. The van der Waals surface area contributed by atoms with E-state index in [4.69, 9.17) is 16.3 Å². The average molecular weight is 415 g/mol. The molecule has 1 aromatic carbocycles. The predicted octanol–water partition coefficient (Wildman–Crippen LogP) is 3.49. The second kappa shape index (κ2) is 6.42. The van der Waals surface area contributed by atoms with Crippen molar-refractivity contribution in [2.75, 3.05) is 6.61 Å². The quantitative estimate of drug-likeness (QED) is 0.670. The molecule has 0 radical (unpaired) electrons. The molecule has 150 valence electrons. The van der Waals surface area contributed by atoms with Gasteiger partial charge in [0, 0.05) is 30.2 Å². The maximum absolute atomic E-state index is 13.4. The van der Waals surface area contributed by atoms with E-state index in [9.17, 15) is 9.18 Å². The number of hydrogen-bond donors (Lipinski definition) is 1. The van der Waals surface area contributed by atoms with Crippen LogP contribution in [-0.2, 0) is 11.2 Å². The Balaban J connectivity index is 1.16. The lowest BCUT2D eigenvalue weighted by atomic mass is 9.38. The summed E-state index contributed by atoms with van der Waals surface area (Å²) in [5.41, 5.74) is 2.95. The first-order chi connectivity index (χ1) is 13.9. The van der Waals surface area contributed by atoms with Gasteiger partial charge in [-0.1, -0.05) is 11.6 Å². The molecule has 0 spiro atoms. The summed E-state index contributed by atoms with van der Waals surface area (Å²) in [7, 11) is 0. The SMILES string of the molecule is Cc1cn2ccnc(CC34CC(NC(=O)COc5ccc(Cl)c(F)c5)(C3)C4)c2n1. The first-order valence-electron chi connectivity index (χ1n) is 9.54. The molecule has 0 saturated heterocycles. The number of aryl methyl sites for hydroxylation is 1. The third kappa shape index (κ3) is 3.23. The van der Waals surface area contributed by atoms with Crippen LogP contribution in [-0.4, -0.2) is 32.4 Å². The molecule has 1 N–H and O–H groups in total. The zero-order valence-corrected chi connectivity index (χ0v) is 16.7. The van der Waals surface area contributed by atoms with E-state index in [1.165, 1.54) is 12.1 Å². The van der Waals surface area contributed by atoms with Gasteiger partial charge < -0.3 is 14.5 Å². The van der Waals surface area contributed by atoms with Gasteiger partial charge in [0.15, 0.2) is 12.3 Å². The summed E-state index contributed by atoms with van der Waals surface area (Å²) in [6, 6.07) is 4.13. The van der Waals surface area contributed by atoms with E-state index in [0.29, 0.717) is 0 Å². The molecule has 0 atom stereocenters. The van der Waals surface area contributed by atoms with E-state index in [1.807, 2.05) is 29.9 Å². The molecular weight excluding hydrogens is 395 g/mol. The van der Waals surface area contributed by atoms with E-state index in [0.717, 1.165) is 42.7 Å². The van der Waals surface area contributed by atoms with Crippen LogP contribution in [0.4, 0.5) is 4.39 Å². The first-order valence-corrected chi connectivity index (χ1v) is 9.91. The predicted molar refractivity (Wildman–Crippen MR) is 105 cm³/mol. The number of halogens is 2. The molecule has 3 aliphatic rings. The van der Waals surface area contributed by atoms with Crippen LogP contribution in [0.2, 0.25) is 5.02 Å². The van der Waals surface area contributed by atoms with Gasteiger partial charge in [-0.05, 0) is 50.2 Å². The van der Waals surface area contributed by atoms with Gasteiger partial charge in [-0.25, -0.2) is 9.37 Å². The Morgan fingerprint density at radius 3 is 2.93 bits per heavy atom. The number of imidazole rings is 1. The van der Waals surface area contributed by atoms with Crippen LogP contribution in [0.5, 0.6) is 5.75 Å². The molecule has 1 amide bonds. The topological polar surface area (TPSA) is 68.5 Å². The fraction of sp³-hybridized carbons (Fsp3) is 0.381. The lowest BCUT2D eigenvalue weighted by Gasteiger charge is -2.70. The van der Waals surface area contributed by atoms with Crippen molar-refractivity contribution in [2.24, 2.45) is 5.41 Å². The van der Waals surface area contributed by atoms with Crippen molar-refractivity contribution in [2.45, 2.75) is 38.1 Å². The van der Waals surface area contributed by atoms with Crippen molar-refractivity contribution in [3.05, 3.63) is 59.0 Å². The van der Waals surface area contributed by atoms with Crippen molar-refractivity contribution >= 4 is 23.2 Å². The first kappa shape index (κ1) is 18.4. The van der Waals surface area contributed by atoms with E-state index in [1.54, 1.807) is 6.07 Å². The van der Waals surface area contributed by atoms with Crippen LogP contribution in [0.1, 0.15) is 30.7 Å². The Bertz CT molecular complexity index is 1110. The van der Waals surface area contributed by atoms with Gasteiger partial charge in [-0.3, -0.25) is 9.78 Å². The second-order valence-corrected chi connectivity index (χ2v) is 8.79. The Hall–Kier alpha value is -2.67. The molecule has 8 heteroatoms. The van der Waals surface area contributed by atoms with Crippen LogP contribution in [0, 0.1) is 18.2 Å². The van der Waals surface area contributed by atoms with Gasteiger partial charge in [0.2, 0.25) is 0 Å². The van der Waals surface area contributed by atoms with Crippen LogP contribution in [0.3, 0.4) is 0 Å². The molecule has 2 heterocycles. The summed E-state index contributed by atoms with van der Waals surface area (Å²) < 4.78 is 20.8. The summed E-state index contributed by atoms with van der Waals surface area (Å²) in [6.45, 7) is 1.83. The van der Waals surface area contributed by atoms with Gasteiger partial charge in [0.05, 0.1) is 16.4 Å².